The van der Waals surface area contributed by atoms with Crippen LogP contribution in [0.5, 0.6) is 0 Å². The highest BCUT2D eigenvalue weighted by Crippen LogP contribution is 2.43. The molecule has 10 heteroatoms. The van der Waals surface area contributed by atoms with E-state index >= 15 is 0 Å². The third-order valence-electron chi connectivity index (χ3n) is 15.8. The second-order valence-corrected chi connectivity index (χ2v) is 26.5. The van der Waals surface area contributed by atoms with Crippen LogP contribution in [0.2, 0.25) is 0 Å². The Morgan fingerprint density at radius 1 is 0.432 bits per heavy atom. The zero-order valence-electron chi connectivity index (χ0n) is 54.5. The summed E-state index contributed by atoms with van der Waals surface area (Å²) in [5.74, 6) is -0.505. The first-order valence-corrected chi connectivity index (χ1v) is 36.5. The van der Waals surface area contributed by atoms with Crippen LogP contribution in [0.1, 0.15) is 342 Å². The van der Waals surface area contributed by atoms with E-state index in [0.717, 1.165) is 83.5 Å². The molecule has 0 rings (SSSR count). The Bertz CT molecular complexity index is 1520. The average Bonchev–Trinajstić information content (AvgIpc) is 3.43. The maximum atomic E-state index is 13.6. The number of carbonyl (C=O) groups is 2. The fourth-order valence-electron chi connectivity index (χ4n) is 10.4. The van der Waals surface area contributed by atoms with E-state index in [1.54, 1.807) is 0 Å². The molecule has 0 fully saturated rings. The van der Waals surface area contributed by atoms with Gasteiger partial charge in [0, 0.05) is 12.8 Å². The van der Waals surface area contributed by atoms with Crippen molar-refractivity contribution in [1.82, 2.24) is 5.32 Å². The van der Waals surface area contributed by atoms with E-state index in [0.29, 0.717) is 23.9 Å². The fraction of sp³-hybridized carbons (Fsp3) is 0.859. The summed E-state index contributed by atoms with van der Waals surface area (Å²) in [6, 6.07) is -0.854. The van der Waals surface area contributed by atoms with Gasteiger partial charge in [-0.05, 0) is 70.3 Å². The first-order valence-electron chi connectivity index (χ1n) is 35.0. The number of unbranched alkanes of at least 4 members (excludes halogenated alkanes) is 42. The van der Waals surface area contributed by atoms with Crippen molar-refractivity contribution in [3.8, 4) is 0 Å². The normalized spacial score (nSPS) is 13.8. The molecule has 3 unspecified atom stereocenters. The molecule has 0 bridgehead atoms. The molecule has 0 aliphatic rings. The lowest BCUT2D eigenvalue weighted by molar-refractivity contribution is -0.870. The number of carbonyl (C=O) groups excluding carboxylic acids is 2. The zero-order chi connectivity index (χ0) is 59.3. The first-order chi connectivity index (χ1) is 39.4. The number of rotatable bonds is 64. The molecule has 9 nitrogen and oxygen atoms in total. The molecule has 0 spiro atoms. The molecule has 0 heterocycles. The number of esters is 1. The number of hydrogen-bond donors (Lipinski definition) is 2. The van der Waals surface area contributed by atoms with Gasteiger partial charge in [-0.25, -0.2) is 4.57 Å². The van der Waals surface area contributed by atoms with E-state index in [2.05, 4.69) is 62.5 Å². The molecule has 0 saturated heterocycles. The molecule has 0 radical (unpaired) electrons. The molecule has 476 valence electrons. The molecule has 81 heavy (non-hydrogen) atoms. The van der Waals surface area contributed by atoms with Crippen molar-refractivity contribution in [2.45, 2.75) is 354 Å². The van der Waals surface area contributed by atoms with E-state index in [4.69, 9.17) is 13.8 Å². The molecular weight excluding hydrogens is 1020 g/mol. The number of quaternary nitrogens is 1. The monoisotopic (exact) mass is 1160 g/mol. The van der Waals surface area contributed by atoms with Crippen molar-refractivity contribution >= 4 is 19.7 Å². The van der Waals surface area contributed by atoms with Gasteiger partial charge in [-0.3, -0.25) is 18.6 Å². The molecule has 0 aliphatic carbocycles. The summed E-state index contributed by atoms with van der Waals surface area (Å²) in [6.07, 6.45) is 77.0. The first kappa shape index (κ1) is 79.0. The fourth-order valence-corrected chi connectivity index (χ4v) is 11.1. The predicted octanol–water partition coefficient (Wildman–Crippen LogP) is 22.0. The predicted molar refractivity (Wildman–Crippen MR) is 351 cm³/mol. The Labute approximate surface area is 503 Å². The SMILES string of the molecule is CCCCC/C=C\C/C=C\C/C=C\CCCCCCCCC(=O)NC(COP(=O)(O)OCC[N+](C)(C)C)C(/C=C\CCCCCCCCCCC)OC(=O)CCCCCCCCCCCCCCCCCCCCCCCCCCC. The summed E-state index contributed by atoms with van der Waals surface area (Å²) in [7, 11) is 1.50. The number of likely N-dealkylation sites (N-methyl/N-ethyl adjacent to an activating group) is 1. The van der Waals surface area contributed by atoms with Gasteiger partial charge >= 0.3 is 13.8 Å². The third kappa shape index (κ3) is 62.3. The number of nitrogens with zero attached hydrogens (tertiary/aromatic N) is 1. The van der Waals surface area contributed by atoms with Crippen LogP contribution in [0.3, 0.4) is 0 Å². The van der Waals surface area contributed by atoms with E-state index < -0.39 is 20.0 Å². The summed E-state index contributed by atoms with van der Waals surface area (Å²) < 4.78 is 30.8. The Morgan fingerprint density at radius 3 is 1.15 bits per heavy atom. The van der Waals surface area contributed by atoms with E-state index in [1.165, 1.54) is 225 Å². The number of nitrogens with one attached hydrogen (secondary N) is 1. The smallest absolute Gasteiger partial charge is 0.456 e. The highest BCUT2D eigenvalue weighted by Gasteiger charge is 2.30. The lowest BCUT2D eigenvalue weighted by atomic mass is 10.0. The van der Waals surface area contributed by atoms with Crippen molar-refractivity contribution < 1.29 is 37.3 Å². The Kier molecular flexibility index (Phi) is 59.5. The number of amides is 1. The molecule has 0 aromatic heterocycles. The van der Waals surface area contributed by atoms with Gasteiger partial charge in [0.2, 0.25) is 5.91 Å². The van der Waals surface area contributed by atoms with Crippen LogP contribution in [0.25, 0.3) is 0 Å². The maximum absolute atomic E-state index is 13.6. The minimum Gasteiger partial charge on any atom is -0.456 e. The number of phosphoric ester groups is 1. The van der Waals surface area contributed by atoms with Gasteiger partial charge in [-0.1, -0.05) is 307 Å². The molecule has 0 aromatic carbocycles. The number of phosphoric acid groups is 1. The van der Waals surface area contributed by atoms with E-state index in [1.807, 2.05) is 33.3 Å². The summed E-state index contributed by atoms with van der Waals surface area (Å²) in [6.45, 7) is 7.02. The van der Waals surface area contributed by atoms with Crippen molar-refractivity contribution in [2.75, 3.05) is 40.9 Å². The molecule has 3 atom stereocenters. The van der Waals surface area contributed by atoms with Crippen molar-refractivity contribution in [2.24, 2.45) is 0 Å². The number of allylic oxidation sites excluding steroid dienone is 7. The van der Waals surface area contributed by atoms with Crippen molar-refractivity contribution in [1.29, 1.82) is 0 Å². The van der Waals surface area contributed by atoms with Gasteiger partial charge in [0.05, 0.1) is 33.8 Å². The van der Waals surface area contributed by atoms with Gasteiger partial charge in [-0.15, -0.1) is 0 Å². The standard InChI is InChI=1S/C71H135N2O7P/c1-7-10-13-16-19-22-25-27-29-31-33-34-35-36-37-38-40-42-44-46-49-52-55-58-61-64-71(75)80-69(62-59-56-53-50-47-24-21-18-15-12-9-3)68(67-79-81(76,77)78-66-65-73(4,5)6)72-70(74)63-60-57-54-51-48-45-43-41-39-32-30-28-26-23-20-17-14-11-8-2/h20,23,28,30,39,41,59,62,68-69H,7-19,21-22,24-27,29,31-38,40,42-58,60-61,63-67H2,1-6H3,(H-,72,74,76,77)/p+1/b23-20-,30-28-,41-39-,62-59-. The largest absolute Gasteiger partial charge is 0.472 e. The molecule has 0 aliphatic heterocycles. The van der Waals surface area contributed by atoms with Gasteiger partial charge in [0.1, 0.15) is 19.3 Å². The highest BCUT2D eigenvalue weighted by molar-refractivity contribution is 7.47. The Morgan fingerprint density at radius 2 is 0.753 bits per heavy atom. The van der Waals surface area contributed by atoms with Crippen LogP contribution in [0.4, 0.5) is 0 Å². The quantitative estimate of drug-likeness (QED) is 0.0205. The lowest BCUT2D eigenvalue weighted by Crippen LogP contribution is -2.47. The number of hydrogen-bond acceptors (Lipinski definition) is 6. The van der Waals surface area contributed by atoms with Gasteiger partial charge in [0.25, 0.3) is 0 Å². The Hall–Kier alpha value is -2.03. The average molecular weight is 1160 g/mol. The van der Waals surface area contributed by atoms with Crippen LogP contribution in [-0.2, 0) is 27.9 Å². The zero-order valence-corrected chi connectivity index (χ0v) is 55.4. The Balaban J connectivity index is 5.02. The van der Waals surface area contributed by atoms with Crippen LogP contribution < -0.4 is 5.32 Å². The lowest BCUT2D eigenvalue weighted by Gasteiger charge is -2.27. The van der Waals surface area contributed by atoms with E-state index in [-0.39, 0.29) is 25.1 Å². The molecule has 2 N–H and O–H groups in total. The maximum Gasteiger partial charge on any atom is 0.472 e. The summed E-state index contributed by atoms with van der Waals surface area (Å²) in [5.41, 5.74) is 0. The minimum absolute atomic E-state index is 0.0385. The topological polar surface area (TPSA) is 111 Å². The van der Waals surface area contributed by atoms with E-state index in [9.17, 15) is 19.0 Å². The van der Waals surface area contributed by atoms with Crippen LogP contribution in [0, 0.1) is 0 Å². The summed E-state index contributed by atoms with van der Waals surface area (Å²) in [4.78, 5) is 37.8. The minimum atomic E-state index is -4.45. The van der Waals surface area contributed by atoms with Gasteiger partial charge < -0.3 is 19.4 Å². The highest BCUT2D eigenvalue weighted by atomic mass is 31.2. The molecular formula is C71H136N2O7P+. The second-order valence-electron chi connectivity index (χ2n) is 25.1. The van der Waals surface area contributed by atoms with Crippen LogP contribution in [0.15, 0.2) is 48.6 Å². The third-order valence-corrected chi connectivity index (χ3v) is 16.8. The van der Waals surface area contributed by atoms with Crippen molar-refractivity contribution in [3.05, 3.63) is 48.6 Å². The van der Waals surface area contributed by atoms with Crippen molar-refractivity contribution in [3.63, 3.8) is 0 Å². The molecule has 0 saturated carbocycles. The van der Waals surface area contributed by atoms with Crippen LogP contribution in [-0.4, -0.2) is 74.3 Å². The van der Waals surface area contributed by atoms with Gasteiger partial charge in [-0.2, -0.15) is 0 Å². The number of ether oxygens (including phenoxy) is 1. The summed E-state index contributed by atoms with van der Waals surface area (Å²) >= 11 is 0. The van der Waals surface area contributed by atoms with Crippen LogP contribution >= 0.6 is 7.82 Å². The second kappa shape index (κ2) is 61.1. The molecule has 0 aromatic rings. The summed E-state index contributed by atoms with van der Waals surface area (Å²) in [5, 5.41) is 3.06. The van der Waals surface area contributed by atoms with Gasteiger partial charge in [0.15, 0.2) is 0 Å². The molecule has 1 amide bonds.